The molecular weight excluding hydrogens is 328 g/mol. The normalized spacial score (nSPS) is 15.9. The van der Waals surface area contributed by atoms with Crippen LogP contribution in [-0.2, 0) is 12.8 Å². The van der Waals surface area contributed by atoms with Crippen LogP contribution in [0, 0.1) is 10.8 Å². The minimum atomic E-state index is 0.467. The van der Waals surface area contributed by atoms with Crippen molar-refractivity contribution >= 4 is 0 Å². The van der Waals surface area contributed by atoms with E-state index in [1.54, 1.807) is 0 Å². The molecule has 0 saturated heterocycles. The second-order valence-electron chi connectivity index (χ2n) is 10.6. The Balaban J connectivity index is 1.65. The zero-order chi connectivity index (χ0) is 19.8. The highest BCUT2D eigenvalue weighted by atomic mass is 16.3. The predicted octanol–water partition coefficient (Wildman–Crippen LogP) is 8.22. The van der Waals surface area contributed by atoms with Gasteiger partial charge in [-0.3, -0.25) is 0 Å². The first-order valence-corrected chi connectivity index (χ1v) is 11.6. The lowest BCUT2D eigenvalue weighted by molar-refractivity contribution is 0.357. The van der Waals surface area contributed by atoms with Crippen LogP contribution in [0.3, 0.4) is 0 Å². The molecule has 0 aliphatic heterocycles. The van der Waals surface area contributed by atoms with Gasteiger partial charge in [0.2, 0.25) is 0 Å². The zero-order valence-corrected chi connectivity index (χ0v) is 18.6. The lowest BCUT2D eigenvalue weighted by Crippen LogP contribution is -2.04. The first-order valence-electron chi connectivity index (χ1n) is 11.6. The third-order valence-corrected chi connectivity index (χ3v) is 6.43. The van der Waals surface area contributed by atoms with E-state index in [0.29, 0.717) is 16.6 Å². The highest BCUT2D eigenvalue weighted by Gasteiger charge is 2.35. The van der Waals surface area contributed by atoms with Gasteiger partial charge in [-0.15, -0.1) is 0 Å². The monoisotopic (exact) mass is 372 g/mol. The molecule has 1 saturated carbocycles. The number of rotatable bonds is 13. The summed E-state index contributed by atoms with van der Waals surface area (Å²) in [6, 6.07) is 6.12. The number of benzene rings is 1. The van der Waals surface area contributed by atoms with Gasteiger partial charge < -0.3 is 5.11 Å². The van der Waals surface area contributed by atoms with Crippen LogP contribution in [0.4, 0.5) is 0 Å². The van der Waals surface area contributed by atoms with E-state index in [9.17, 15) is 5.11 Å². The van der Waals surface area contributed by atoms with Crippen LogP contribution in [0.2, 0.25) is 0 Å². The quantitative estimate of drug-likeness (QED) is 0.346. The maximum absolute atomic E-state index is 10.3. The SMILES string of the molecule is CC(C)(C)CCCCCCc1cccc(O)c1CCCCCCC1(C)CC1. The van der Waals surface area contributed by atoms with Crippen LogP contribution in [-0.4, -0.2) is 5.11 Å². The van der Waals surface area contributed by atoms with Gasteiger partial charge >= 0.3 is 0 Å². The van der Waals surface area contributed by atoms with Crippen molar-refractivity contribution in [1.82, 2.24) is 0 Å². The maximum Gasteiger partial charge on any atom is 0.119 e. The second kappa shape index (κ2) is 10.5. The van der Waals surface area contributed by atoms with Crippen molar-refractivity contribution < 1.29 is 5.11 Å². The Morgan fingerprint density at radius 3 is 2.15 bits per heavy atom. The number of phenols is 1. The van der Waals surface area contributed by atoms with Crippen LogP contribution in [0.25, 0.3) is 0 Å². The molecule has 1 heteroatoms. The van der Waals surface area contributed by atoms with Crippen molar-refractivity contribution in [3.63, 3.8) is 0 Å². The number of phenolic OH excluding ortho intramolecular Hbond substituents is 1. The fourth-order valence-corrected chi connectivity index (χ4v) is 4.14. The molecule has 0 heterocycles. The number of hydrogen-bond donors (Lipinski definition) is 1. The summed E-state index contributed by atoms with van der Waals surface area (Å²) in [6.45, 7) is 9.43. The van der Waals surface area contributed by atoms with Crippen LogP contribution in [0.15, 0.2) is 18.2 Å². The van der Waals surface area contributed by atoms with Gasteiger partial charge in [-0.05, 0) is 79.4 Å². The number of aromatic hydroxyl groups is 1. The van der Waals surface area contributed by atoms with E-state index in [2.05, 4.69) is 33.8 Å². The molecule has 0 atom stereocenters. The molecule has 154 valence electrons. The molecule has 0 radical (unpaired) electrons. The van der Waals surface area contributed by atoms with Crippen molar-refractivity contribution in [2.75, 3.05) is 0 Å². The largest absolute Gasteiger partial charge is 0.508 e. The van der Waals surface area contributed by atoms with Crippen LogP contribution < -0.4 is 0 Å². The lowest BCUT2D eigenvalue weighted by Gasteiger charge is -2.17. The topological polar surface area (TPSA) is 20.2 Å². The Kier molecular flexibility index (Phi) is 8.70. The molecule has 1 aromatic carbocycles. The Hall–Kier alpha value is -0.980. The van der Waals surface area contributed by atoms with Crippen molar-refractivity contribution in [1.29, 1.82) is 0 Å². The summed E-state index contributed by atoms with van der Waals surface area (Å²) in [5.41, 5.74) is 3.78. The molecule has 0 spiro atoms. The third-order valence-electron chi connectivity index (χ3n) is 6.43. The summed E-state index contributed by atoms with van der Waals surface area (Å²) < 4.78 is 0. The zero-order valence-electron chi connectivity index (χ0n) is 18.6. The molecular formula is C26H44O. The first kappa shape index (κ1) is 22.3. The standard InChI is InChI=1S/C26H44O/c1-25(2,3)18-11-7-5-9-14-22-15-13-17-24(27)23(22)16-10-6-8-12-19-26(4)20-21-26/h13,15,17,27H,5-12,14,16,18-21H2,1-4H3. The van der Waals surface area contributed by atoms with Gasteiger partial charge in [-0.1, -0.05) is 78.4 Å². The van der Waals surface area contributed by atoms with Crippen molar-refractivity contribution in [3.05, 3.63) is 29.3 Å². The number of aryl methyl sites for hydroxylation is 1. The van der Waals surface area contributed by atoms with Gasteiger partial charge in [0.05, 0.1) is 0 Å². The minimum Gasteiger partial charge on any atom is -0.508 e. The van der Waals surface area contributed by atoms with Gasteiger partial charge in [0, 0.05) is 0 Å². The Morgan fingerprint density at radius 2 is 1.48 bits per heavy atom. The molecule has 1 N–H and O–H groups in total. The van der Waals surface area contributed by atoms with E-state index in [4.69, 9.17) is 0 Å². The minimum absolute atomic E-state index is 0.467. The van der Waals surface area contributed by atoms with Crippen molar-refractivity contribution in [3.8, 4) is 5.75 Å². The van der Waals surface area contributed by atoms with E-state index >= 15 is 0 Å². The average Bonchev–Trinajstić information content (AvgIpc) is 3.32. The first-order chi connectivity index (χ1) is 12.8. The van der Waals surface area contributed by atoms with Crippen LogP contribution >= 0.6 is 0 Å². The Morgan fingerprint density at radius 1 is 0.852 bits per heavy atom. The summed E-state index contributed by atoms with van der Waals surface area (Å²) >= 11 is 0. The molecule has 0 bridgehead atoms. The van der Waals surface area contributed by atoms with Crippen molar-refractivity contribution in [2.45, 2.75) is 118 Å². The summed E-state index contributed by atoms with van der Waals surface area (Å²) in [5.74, 6) is 0.519. The van der Waals surface area contributed by atoms with Gasteiger partial charge in [0.1, 0.15) is 5.75 Å². The Labute approximate surface area is 169 Å². The van der Waals surface area contributed by atoms with Gasteiger partial charge in [0.15, 0.2) is 0 Å². The van der Waals surface area contributed by atoms with E-state index in [0.717, 1.165) is 12.8 Å². The van der Waals surface area contributed by atoms with E-state index in [1.807, 2.05) is 12.1 Å². The van der Waals surface area contributed by atoms with E-state index in [-0.39, 0.29) is 0 Å². The highest BCUT2D eigenvalue weighted by molar-refractivity contribution is 5.39. The molecule has 0 amide bonds. The number of unbranched alkanes of at least 4 members (excludes halogenated alkanes) is 6. The molecule has 27 heavy (non-hydrogen) atoms. The lowest BCUT2D eigenvalue weighted by atomic mass is 9.89. The summed E-state index contributed by atoms with van der Waals surface area (Å²) in [5, 5.41) is 10.3. The van der Waals surface area contributed by atoms with E-state index < -0.39 is 0 Å². The molecule has 1 aliphatic carbocycles. The Bertz CT molecular complexity index is 548. The molecule has 1 fully saturated rings. The fraction of sp³-hybridized carbons (Fsp3) is 0.769. The predicted molar refractivity (Wildman–Crippen MR) is 118 cm³/mol. The van der Waals surface area contributed by atoms with Crippen LogP contribution in [0.5, 0.6) is 5.75 Å². The van der Waals surface area contributed by atoms with Gasteiger partial charge in [-0.2, -0.15) is 0 Å². The van der Waals surface area contributed by atoms with Gasteiger partial charge in [-0.25, -0.2) is 0 Å². The van der Waals surface area contributed by atoms with Crippen LogP contribution in [0.1, 0.15) is 116 Å². The third kappa shape index (κ3) is 9.17. The van der Waals surface area contributed by atoms with Gasteiger partial charge in [0.25, 0.3) is 0 Å². The molecule has 2 rings (SSSR count). The average molecular weight is 373 g/mol. The summed E-state index contributed by atoms with van der Waals surface area (Å²) in [7, 11) is 0. The summed E-state index contributed by atoms with van der Waals surface area (Å²) in [6.07, 6.45) is 18.3. The molecule has 1 aliphatic rings. The smallest absolute Gasteiger partial charge is 0.119 e. The highest BCUT2D eigenvalue weighted by Crippen LogP contribution is 2.49. The van der Waals surface area contributed by atoms with E-state index in [1.165, 1.54) is 88.2 Å². The molecule has 0 unspecified atom stereocenters. The maximum atomic E-state index is 10.3. The second-order valence-corrected chi connectivity index (χ2v) is 10.6. The molecule has 1 nitrogen and oxygen atoms in total. The fourth-order valence-electron chi connectivity index (χ4n) is 4.14. The molecule has 0 aromatic heterocycles. The van der Waals surface area contributed by atoms with Crippen molar-refractivity contribution in [2.24, 2.45) is 10.8 Å². The molecule has 1 aromatic rings. The number of hydrogen-bond acceptors (Lipinski definition) is 1. The summed E-state index contributed by atoms with van der Waals surface area (Å²) in [4.78, 5) is 0.